The second-order valence-electron chi connectivity index (χ2n) is 3.10. The lowest BCUT2D eigenvalue weighted by Gasteiger charge is -2.13. The highest BCUT2D eigenvalue weighted by atomic mass is 19.1. The van der Waals surface area contributed by atoms with Gasteiger partial charge in [-0.25, -0.2) is 9.18 Å². The lowest BCUT2D eigenvalue weighted by molar-refractivity contribution is 0.0521. The third kappa shape index (κ3) is 2.41. The SMILES string of the molecule is CCOC(=O)c1c(N)c(OC)cc(OC)c1F. The van der Waals surface area contributed by atoms with Crippen LogP contribution in [0.15, 0.2) is 6.07 Å². The molecule has 0 fully saturated rings. The molecule has 0 saturated carbocycles. The number of esters is 1. The Kier molecular flexibility index (Phi) is 4.14. The number of ether oxygens (including phenoxy) is 3. The quantitative estimate of drug-likeness (QED) is 0.642. The van der Waals surface area contributed by atoms with Crippen molar-refractivity contribution < 1.29 is 23.4 Å². The molecule has 17 heavy (non-hydrogen) atoms. The topological polar surface area (TPSA) is 70.8 Å². The number of hydrogen-bond acceptors (Lipinski definition) is 5. The first-order valence-electron chi connectivity index (χ1n) is 4.93. The van der Waals surface area contributed by atoms with E-state index in [4.69, 9.17) is 19.9 Å². The summed E-state index contributed by atoms with van der Waals surface area (Å²) in [4.78, 5) is 11.6. The number of hydrogen-bond donors (Lipinski definition) is 1. The molecule has 5 nitrogen and oxygen atoms in total. The molecule has 1 aromatic rings. The fraction of sp³-hybridized carbons (Fsp3) is 0.364. The number of benzene rings is 1. The van der Waals surface area contributed by atoms with Crippen LogP contribution in [0.2, 0.25) is 0 Å². The molecule has 0 heterocycles. The molecule has 0 bridgehead atoms. The molecule has 0 spiro atoms. The summed E-state index contributed by atoms with van der Waals surface area (Å²) in [7, 11) is 2.64. The van der Waals surface area contributed by atoms with E-state index in [0.29, 0.717) is 0 Å². The average molecular weight is 243 g/mol. The van der Waals surface area contributed by atoms with Crippen molar-refractivity contribution in [2.45, 2.75) is 6.92 Å². The van der Waals surface area contributed by atoms with E-state index in [1.165, 1.54) is 20.3 Å². The highest BCUT2D eigenvalue weighted by molar-refractivity contribution is 5.97. The van der Waals surface area contributed by atoms with Gasteiger partial charge >= 0.3 is 5.97 Å². The predicted molar refractivity (Wildman–Crippen MR) is 59.9 cm³/mol. The first-order valence-corrected chi connectivity index (χ1v) is 4.93. The maximum absolute atomic E-state index is 13.9. The molecule has 0 radical (unpaired) electrons. The van der Waals surface area contributed by atoms with Crippen molar-refractivity contribution in [3.63, 3.8) is 0 Å². The first-order chi connectivity index (χ1) is 8.06. The Morgan fingerprint density at radius 1 is 1.35 bits per heavy atom. The minimum Gasteiger partial charge on any atom is -0.494 e. The highest BCUT2D eigenvalue weighted by Gasteiger charge is 2.24. The van der Waals surface area contributed by atoms with Gasteiger partial charge in [0.05, 0.1) is 26.5 Å². The van der Waals surface area contributed by atoms with E-state index in [1.54, 1.807) is 6.92 Å². The molecular formula is C11H14FNO4. The largest absolute Gasteiger partial charge is 0.494 e. The molecule has 0 aliphatic carbocycles. The summed E-state index contributed by atoms with van der Waals surface area (Å²) >= 11 is 0. The Morgan fingerprint density at radius 2 is 1.94 bits per heavy atom. The number of nitrogens with two attached hydrogens (primary N) is 1. The molecule has 0 aliphatic heterocycles. The maximum atomic E-state index is 13.9. The van der Waals surface area contributed by atoms with Gasteiger partial charge < -0.3 is 19.9 Å². The first kappa shape index (κ1) is 13.1. The average Bonchev–Trinajstić information content (AvgIpc) is 2.30. The molecule has 0 atom stereocenters. The van der Waals surface area contributed by atoms with Crippen LogP contribution in [0.25, 0.3) is 0 Å². The van der Waals surface area contributed by atoms with Crippen LogP contribution in [-0.4, -0.2) is 26.8 Å². The van der Waals surface area contributed by atoms with Gasteiger partial charge in [-0.15, -0.1) is 0 Å². The molecule has 94 valence electrons. The summed E-state index contributed by atoms with van der Waals surface area (Å²) in [5, 5.41) is 0. The molecule has 6 heteroatoms. The summed E-state index contributed by atoms with van der Waals surface area (Å²) < 4.78 is 28.3. The van der Waals surface area contributed by atoms with Crippen molar-refractivity contribution in [2.24, 2.45) is 0 Å². The second kappa shape index (κ2) is 5.38. The van der Waals surface area contributed by atoms with Crippen LogP contribution in [-0.2, 0) is 4.74 Å². The Balaban J connectivity index is 3.39. The van der Waals surface area contributed by atoms with Crippen LogP contribution in [0, 0.1) is 5.82 Å². The van der Waals surface area contributed by atoms with Crippen LogP contribution < -0.4 is 15.2 Å². The summed E-state index contributed by atoms with van der Waals surface area (Å²) in [6.45, 7) is 1.74. The van der Waals surface area contributed by atoms with Gasteiger partial charge in [-0.3, -0.25) is 0 Å². The number of methoxy groups -OCH3 is 2. The van der Waals surface area contributed by atoms with E-state index >= 15 is 0 Å². The monoisotopic (exact) mass is 243 g/mol. The van der Waals surface area contributed by atoms with E-state index in [1.807, 2.05) is 0 Å². The number of nitrogen functional groups attached to an aromatic ring is 1. The molecule has 2 N–H and O–H groups in total. The van der Waals surface area contributed by atoms with Crippen LogP contribution in [0.3, 0.4) is 0 Å². The number of halogens is 1. The second-order valence-corrected chi connectivity index (χ2v) is 3.10. The van der Waals surface area contributed by atoms with Gasteiger partial charge in [-0.1, -0.05) is 0 Å². The van der Waals surface area contributed by atoms with Crippen LogP contribution in [0.4, 0.5) is 10.1 Å². The van der Waals surface area contributed by atoms with Gasteiger partial charge in [-0.2, -0.15) is 0 Å². The standard InChI is InChI=1S/C11H14FNO4/c1-4-17-11(14)8-9(12)6(15-2)5-7(16-3)10(8)13/h5H,4,13H2,1-3H3. The van der Waals surface area contributed by atoms with Gasteiger partial charge in [0, 0.05) is 6.07 Å². The Labute approximate surface area is 98.3 Å². The smallest absolute Gasteiger partial charge is 0.343 e. The van der Waals surface area contributed by atoms with Crippen molar-refractivity contribution >= 4 is 11.7 Å². The zero-order valence-corrected chi connectivity index (χ0v) is 9.87. The van der Waals surface area contributed by atoms with Crippen molar-refractivity contribution in [3.05, 3.63) is 17.4 Å². The maximum Gasteiger partial charge on any atom is 0.343 e. The third-order valence-corrected chi connectivity index (χ3v) is 2.15. The minimum atomic E-state index is -0.857. The van der Waals surface area contributed by atoms with Crippen molar-refractivity contribution in [1.82, 2.24) is 0 Å². The van der Waals surface area contributed by atoms with Crippen LogP contribution >= 0.6 is 0 Å². The van der Waals surface area contributed by atoms with Gasteiger partial charge in [0.25, 0.3) is 0 Å². The molecule has 0 aromatic heterocycles. The Morgan fingerprint density at radius 3 is 2.41 bits per heavy atom. The van der Waals surface area contributed by atoms with Gasteiger partial charge in [0.1, 0.15) is 11.3 Å². The molecule has 0 amide bonds. The van der Waals surface area contributed by atoms with Gasteiger partial charge in [0.15, 0.2) is 11.6 Å². The van der Waals surface area contributed by atoms with E-state index in [9.17, 15) is 9.18 Å². The molecule has 0 saturated heterocycles. The van der Waals surface area contributed by atoms with Crippen molar-refractivity contribution in [2.75, 3.05) is 26.6 Å². The van der Waals surface area contributed by atoms with E-state index in [2.05, 4.69) is 0 Å². The Bertz CT molecular complexity index is 406. The lowest BCUT2D eigenvalue weighted by atomic mass is 10.1. The highest BCUT2D eigenvalue weighted by Crippen LogP contribution is 2.34. The molecule has 1 rings (SSSR count). The molecular weight excluding hydrogens is 229 g/mol. The molecule has 0 unspecified atom stereocenters. The van der Waals surface area contributed by atoms with Crippen molar-refractivity contribution in [1.29, 1.82) is 0 Å². The van der Waals surface area contributed by atoms with Crippen LogP contribution in [0.1, 0.15) is 17.3 Å². The Hall–Kier alpha value is -1.98. The molecule has 0 aliphatic rings. The predicted octanol–water partition coefficient (Wildman–Crippen LogP) is 1.60. The summed E-state index contributed by atoms with van der Waals surface area (Å²) in [6.07, 6.45) is 0. The summed E-state index contributed by atoms with van der Waals surface area (Å²) in [5.41, 5.74) is 5.15. The molecule has 1 aromatic carbocycles. The third-order valence-electron chi connectivity index (χ3n) is 2.15. The number of rotatable bonds is 4. The summed E-state index contributed by atoms with van der Waals surface area (Å²) in [5.74, 6) is -1.67. The fourth-order valence-corrected chi connectivity index (χ4v) is 1.35. The minimum absolute atomic E-state index is 0.107. The lowest BCUT2D eigenvalue weighted by Crippen LogP contribution is -2.12. The van der Waals surface area contributed by atoms with Crippen molar-refractivity contribution in [3.8, 4) is 11.5 Å². The van der Waals surface area contributed by atoms with E-state index in [-0.39, 0.29) is 29.4 Å². The number of anilines is 1. The fourth-order valence-electron chi connectivity index (χ4n) is 1.35. The van der Waals surface area contributed by atoms with Gasteiger partial charge in [0.2, 0.25) is 0 Å². The van der Waals surface area contributed by atoms with Gasteiger partial charge in [-0.05, 0) is 6.92 Å². The number of carbonyl (C=O) groups excluding carboxylic acids is 1. The summed E-state index contributed by atoms with van der Waals surface area (Å²) in [6, 6.07) is 1.27. The zero-order valence-electron chi connectivity index (χ0n) is 9.87. The van der Waals surface area contributed by atoms with Crippen LogP contribution in [0.5, 0.6) is 11.5 Å². The normalized spacial score (nSPS) is 9.88. The van der Waals surface area contributed by atoms with E-state index < -0.39 is 11.8 Å². The number of carbonyl (C=O) groups is 1. The zero-order chi connectivity index (χ0) is 13.0. The van der Waals surface area contributed by atoms with E-state index in [0.717, 1.165) is 0 Å².